The second-order valence-electron chi connectivity index (χ2n) is 6.35. The summed E-state index contributed by atoms with van der Waals surface area (Å²) in [5.41, 5.74) is 2.16. The number of hydrogen-bond acceptors (Lipinski definition) is 6. The van der Waals surface area contributed by atoms with Crippen LogP contribution in [-0.4, -0.2) is 36.0 Å². The maximum absolute atomic E-state index is 12.9. The number of aryl methyl sites for hydroxylation is 1. The Morgan fingerprint density at radius 2 is 1.58 bits per heavy atom. The molecule has 2 aromatic rings. The number of anilines is 1. The Bertz CT molecular complexity index is 813. The highest BCUT2D eigenvalue weighted by Gasteiger charge is 2.47. The number of hydrogen-bond donors (Lipinski definition) is 0. The van der Waals surface area contributed by atoms with Crippen molar-refractivity contribution < 1.29 is 19.1 Å². The molecule has 1 aliphatic heterocycles. The van der Waals surface area contributed by atoms with Gasteiger partial charge in [0.15, 0.2) is 0 Å². The number of carbonyl (C=O) groups excluding carboxylic acids is 2. The van der Waals surface area contributed by atoms with E-state index in [0.29, 0.717) is 6.42 Å². The van der Waals surface area contributed by atoms with Crippen LogP contribution < -0.4 is 14.4 Å². The van der Waals surface area contributed by atoms with Crippen LogP contribution in [0.1, 0.15) is 18.1 Å². The van der Waals surface area contributed by atoms with E-state index in [1.165, 1.54) is 20.3 Å². The predicted octanol–water partition coefficient (Wildman–Crippen LogP) is 2.17. The topological polar surface area (TPSA) is 81.6 Å². The summed E-state index contributed by atoms with van der Waals surface area (Å²) in [4.78, 5) is 35.0. The molecule has 0 saturated carbocycles. The summed E-state index contributed by atoms with van der Waals surface area (Å²) in [7, 11) is 2.89. The van der Waals surface area contributed by atoms with Crippen LogP contribution in [0, 0.1) is 18.8 Å². The quantitative estimate of drug-likeness (QED) is 0.765. The molecule has 136 valence electrons. The molecule has 7 nitrogen and oxygen atoms in total. The Kier molecular flexibility index (Phi) is 4.88. The van der Waals surface area contributed by atoms with Crippen LogP contribution in [0.25, 0.3) is 0 Å². The Hall–Kier alpha value is -2.96. The number of amides is 2. The molecule has 2 heterocycles. The Morgan fingerprint density at radius 1 is 1.00 bits per heavy atom. The smallest absolute Gasteiger partial charge is 0.245 e. The minimum Gasteiger partial charge on any atom is -0.481 e. The lowest BCUT2D eigenvalue weighted by molar-refractivity contribution is -0.122. The van der Waals surface area contributed by atoms with Crippen molar-refractivity contribution in [3.63, 3.8) is 0 Å². The number of ether oxygens (including phenoxy) is 2. The average Bonchev–Trinajstić information content (AvgIpc) is 2.86. The molecular formula is C19H21N3O4. The fraction of sp³-hybridized carbons (Fsp3) is 0.368. The number of benzene rings is 1. The minimum atomic E-state index is -0.454. The van der Waals surface area contributed by atoms with Gasteiger partial charge in [0.05, 0.1) is 26.2 Å². The predicted molar refractivity (Wildman–Crippen MR) is 95.2 cm³/mol. The van der Waals surface area contributed by atoms with Crippen molar-refractivity contribution in [2.75, 3.05) is 19.1 Å². The highest BCUT2D eigenvalue weighted by Crippen LogP contribution is 2.33. The van der Waals surface area contributed by atoms with E-state index in [-0.39, 0.29) is 29.5 Å². The summed E-state index contributed by atoms with van der Waals surface area (Å²) in [6.45, 7) is 3.77. The number of rotatable bonds is 5. The Balaban J connectivity index is 1.91. The van der Waals surface area contributed by atoms with Gasteiger partial charge in [-0.1, -0.05) is 36.8 Å². The van der Waals surface area contributed by atoms with Crippen molar-refractivity contribution in [3.8, 4) is 11.8 Å². The van der Waals surface area contributed by atoms with E-state index in [9.17, 15) is 9.59 Å². The summed E-state index contributed by atoms with van der Waals surface area (Å²) in [6.07, 6.45) is 0.490. The zero-order chi connectivity index (χ0) is 18.8. The standard InChI is InChI=1S/C19H21N3O4/c1-11-5-7-13(8-6-11)9-14-12(2)17(23)22(18(14)24)19-20-15(25-3)10-16(21-19)26-4/h5-8,10,12,14H,9H2,1-4H3/t12-,14-/m0/s1. The third-order valence-corrected chi connectivity index (χ3v) is 4.61. The molecule has 1 aromatic carbocycles. The SMILES string of the molecule is COc1cc(OC)nc(N2C(=O)[C@@H](C)[C@H](Cc3ccc(C)cc3)C2=O)n1. The summed E-state index contributed by atoms with van der Waals surface area (Å²) >= 11 is 0. The summed E-state index contributed by atoms with van der Waals surface area (Å²) in [5.74, 6) is -1.10. The number of aromatic nitrogens is 2. The molecule has 2 amide bonds. The fourth-order valence-corrected chi connectivity index (χ4v) is 3.00. The van der Waals surface area contributed by atoms with Gasteiger partial charge in [-0.25, -0.2) is 4.90 Å². The molecule has 1 saturated heterocycles. The largest absolute Gasteiger partial charge is 0.481 e. The van der Waals surface area contributed by atoms with E-state index in [2.05, 4.69) is 9.97 Å². The van der Waals surface area contributed by atoms with Gasteiger partial charge in [0.25, 0.3) is 0 Å². The van der Waals surface area contributed by atoms with Gasteiger partial charge in [0.2, 0.25) is 29.5 Å². The van der Waals surface area contributed by atoms with Crippen molar-refractivity contribution in [2.45, 2.75) is 20.3 Å². The van der Waals surface area contributed by atoms with E-state index in [4.69, 9.17) is 9.47 Å². The monoisotopic (exact) mass is 355 g/mol. The fourth-order valence-electron chi connectivity index (χ4n) is 3.00. The first-order chi connectivity index (χ1) is 12.4. The van der Waals surface area contributed by atoms with Gasteiger partial charge in [0, 0.05) is 5.92 Å². The lowest BCUT2D eigenvalue weighted by Gasteiger charge is -2.14. The maximum atomic E-state index is 12.9. The Morgan fingerprint density at radius 3 is 2.12 bits per heavy atom. The minimum absolute atomic E-state index is 0.0190. The molecule has 0 N–H and O–H groups in total. The molecule has 1 fully saturated rings. The van der Waals surface area contributed by atoms with Crippen LogP contribution in [0.3, 0.4) is 0 Å². The normalized spacial score (nSPS) is 19.8. The molecule has 3 rings (SSSR count). The summed E-state index contributed by atoms with van der Waals surface area (Å²) in [5, 5.41) is 0. The molecule has 2 atom stereocenters. The first-order valence-corrected chi connectivity index (χ1v) is 8.35. The van der Waals surface area contributed by atoms with Crippen LogP contribution >= 0.6 is 0 Å². The van der Waals surface area contributed by atoms with Gasteiger partial charge in [0.1, 0.15) is 0 Å². The molecule has 7 heteroatoms. The zero-order valence-electron chi connectivity index (χ0n) is 15.2. The third-order valence-electron chi connectivity index (χ3n) is 4.61. The molecule has 26 heavy (non-hydrogen) atoms. The highest BCUT2D eigenvalue weighted by atomic mass is 16.5. The van der Waals surface area contributed by atoms with Crippen LogP contribution in [0.4, 0.5) is 5.95 Å². The first-order valence-electron chi connectivity index (χ1n) is 8.35. The number of methoxy groups -OCH3 is 2. The lowest BCUT2D eigenvalue weighted by Crippen LogP contribution is -2.32. The van der Waals surface area contributed by atoms with E-state index >= 15 is 0 Å². The molecule has 1 aliphatic rings. The number of carbonyl (C=O) groups is 2. The second kappa shape index (κ2) is 7.11. The molecule has 0 unspecified atom stereocenters. The molecule has 0 radical (unpaired) electrons. The van der Waals surface area contributed by atoms with Crippen LogP contribution in [-0.2, 0) is 16.0 Å². The van der Waals surface area contributed by atoms with E-state index in [0.717, 1.165) is 16.0 Å². The van der Waals surface area contributed by atoms with E-state index in [1.807, 2.05) is 31.2 Å². The molecule has 0 bridgehead atoms. The first kappa shape index (κ1) is 17.8. The van der Waals surface area contributed by atoms with Gasteiger partial charge in [-0.2, -0.15) is 9.97 Å². The van der Waals surface area contributed by atoms with Gasteiger partial charge < -0.3 is 9.47 Å². The van der Waals surface area contributed by atoms with Crippen LogP contribution in [0.2, 0.25) is 0 Å². The van der Waals surface area contributed by atoms with Crippen molar-refractivity contribution in [3.05, 3.63) is 41.5 Å². The second-order valence-corrected chi connectivity index (χ2v) is 6.35. The van der Waals surface area contributed by atoms with Crippen molar-refractivity contribution >= 4 is 17.8 Å². The van der Waals surface area contributed by atoms with Crippen molar-refractivity contribution in [1.29, 1.82) is 0 Å². The number of nitrogens with zero attached hydrogens (tertiary/aromatic N) is 3. The Labute approximate surface area is 152 Å². The van der Waals surface area contributed by atoms with E-state index in [1.54, 1.807) is 6.92 Å². The summed E-state index contributed by atoms with van der Waals surface area (Å²) in [6, 6.07) is 9.44. The maximum Gasteiger partial charge on any atom is 0.245 e. The molecule has 1 aromatic heterocycles. The molecule has 0 spiro atoms. The van der Waals surface area contributed by atoms with E-state index < -0.39 is 11.8 Å². The lowest BCUT2D eigenvalue weighted by atomic mass is 9.90. The van der Waals surface area contributed by atoms with Gasteiger partial charge in [-0.3, -0.25) is 9.59 Å². The average molecular weight is 355 g/mol. The van der Waals surface area contributed by atoms with Crippen molar-refractivity contribution in [1.82, 2.24) is 9.97 Å². The summed E-state index contributed by atoms with van der Waals surface area (Å²) < 4.78 is 10.2. The van der Waals surface area contributed by atoms with Gasteiger partial charge >= 0.3 is 0 Å². The van der Waals surface area contributed by atoms with Crippen molar-refractivity contribution in [2.24, 2.45) is 11.8 Å². The zero-order valence-corrected chi connectivity index (χ0v) is 15.2. The van der Waals surface area contributed by atoms with Crippen LogP contribution in [0.5, 0.6) is 11.8 Å². The van der Waals surface area contributed by atoms with Gasteiger partial charge in [-0.15, -0.1) is 0 Å². The third kappa shape index (κ3) is 3.24. The van der Waals surface area contributed by atoms with Crippen LogP contribution in [0.15, 0.2) is 30.3 Å². The van der Waals surface area contributed by atoms with Gasteiger partial charge in [-0.05, 0) is 18.9 Å². The highest BCUT2D eigenvalue weighted by molar-refractivity contribution is 6.21. The molecule has 0 aliphatic carbocycles. The number of imide groups is 1. The molecular weight excluding hydrogens is 334 g/mol.